The summed E-state index contributed by atoms with van der Waals surface area (Å²) in [6.07, 6.45) is 5.35. The van der Waals surface area contributed by atoms with Crippen molar-refractivity contribution in [3.05, 3.63) is 39.4 Å². The summed E-state index contributed by atoms with van der Waals surface area (Å²) in [6.45, 7) is 0.620. The van der Waals surface area contributed by atoms with Crippen LogP contribution in [0.5, 0.6) is 0 Å². The van der Waals surface area contributed by atoms with Crippen molar-refractivity contribution >= 4 is 22.5 Å². The first-order valence-corrected chi connectivity index (χ1v) is 8.00. The molecule has 0 spiro atoms. The number of aromatic amines is 1. The molecule has 1 aromatic carbocycles. The van der Waals surface area contributed by atoms with E-state index in [0.29, 0.717) is 34.3 Å². The molecule has 0 saturated heterocycles. The number of fused-ring (bicyclic) bond motifs is 1. The Bertz CT molecular complexity index is 722. The SMILES string of the molecule is O=c1[nH]c(CNC(C2CC2)C2CC2)nc2cc(Cl)ccc12. The number of benzene rings is 1. The van der Waals surface area contributed by atoms with Crippen molar-refractivity contribution in [2.24, 2.45) is 11.8 Å². The fourth-order valence-corrected chi connectivity index (χ4v) is 3.25. The van der Waals surface area contributed by atoms with Gasteiger partial charge in [0.05, 0.1) is 17.4 Å². The van der Waals surface area contributed by atoms with Gasteiger partial charge in [-0.15, -0.1) is 0 Å². The molecule has 0 radical (unpaired) electrons. The van der Waals surface area contributed by atoms with Gasteiger partial charge in [0.1, 0.15) is 5.82 Å². The minimum Gasteiger partial charge on any atom is -0.309 e. The van der Waals surface area contributed by atoms with Crippen molar-refractivity contribution < 1.29 is 0 Å². The highest BCUT2D eigenvalue weighted by atomic mass is 35.5. The molecule has 2 N–H and O–H groups in total. The molecule has 2 aliphatic carbocycles. The first-order chi connectivity index (χ1) is 10.2. The Labute approximate surface area is 127 Å². The van der Waals surface area contributed by atoms with Crippen LogP contribution in [0.25, 0.3) is 10.9 Å². The van der Waals surface area contributed by atoms with Crippen molar-refractivity contribution in [3.8, 4) is 0 Å². The Hall–Kier alpha value is -1.39. The molecular formula is C16H18ClN3O. The highest BCUT2D eigenvalue weighted by Gasteiger charge is 2.41. The number of hydrogen-bond acceptors (Lipinski definition) is 3. The van der Waals surface area contributed by atoms with Crippen molar-refractivity contribution in [1.29, 1.82) is 0 Å². The number of nitrogens with one attached hydrogen (secondary N) is 2. The van der Waals surface area contributed by atoms with E-state index in [1.807, 2.05) is 0 Å². The van der Waals surface area contributed by atoms with Gasteiger partial charge >= 0.3 is 0 Å². The molecule has 5 heteroatoms. The van der Waals surface area contributed by atoms with Crippen molar-refractivity contribution in [2.75, 3.05) is 0 Å². The van der Waals surface area contributed by atoms with Gasteiger partial charge in [-0.1, -0.05) is 11.6 Å². The average molecular weight is 304 g/mol. The van der Waals surface area contributed by atoms with E-state index >= 15 is 0 Å². The van der Waals surface area contributed by atoms with Crippen molar-refractivity contribution in [1.82, 2.24) is 15.3 Å². The molecule has 1 heterocycles. The maximum Gasteiger partial charge on any atom is 0.258 e. The van der Waals surface area contributed by atoms with Gasteiger partial charge in [0.25, 0.3) is 5.56 Å². The fraction of sp³-hybridized carbons (Fsp3) is 0.500. The van der Waals surface area contributed by atoms with Crippen LogP contribution >= 0.6 is 11.6 Å². The van der Waals surface area contributed by atoms with Crippen LogP contribution in [-0.4, -0.2) is 16.0 Å². The Kier molecular flexibility index (Phi) is 3.23. The van der Waals surface area contributed by atoms with Crippen LogP contribution in [-0.2, 0) is 6.54 Å². The monoisotopic (exact) mass is 303 g/mol. The maximum atomic E-state index is 12.1. The van der Waals surface area contributed by atoms with Crippen LogP contribution in [0.4, 0.5) is 0 Å². The highest BCUT2D eigenvalue weighted by Crippen LogP contribution is 2.44. The van der Waals surface area contributed by atoms with E-state index in [0.717, 1.165) is 11.8 Å². The summed E-state index contributed by atoms with van der Waals surface area (Å²) in [6, 6.07) is 5.78. The van der Waals surface area contributed by atoms with Crippen LogP contribution in [0.15, 0.2) is 23.0 Å². The normalized spacial score (nSPS) is 18.6. The topological polar surface area (TPSA) is 57.8 Å². The second-order valence-electron chi connectivity index (χ2n) is 6.26. The third kappa shape index (κ3) is 2.83. The van der Waals surface area contributed by atoms with Gasteiger partial charge in [0, 0.05) is 11.1 Å². The summed E-state index contributed by atoms with van der Waals surface area (Å²) in [5.41, 5.74) is 0.570. The van der Waals surface area contributed by atoms with E-state index in [9.17, 15) is 4.79 Å². The number of hydrogen-bond donors (Lipinski definition) is 2. The third-order valence-corrected chi connectivity index (χ3v) is 4.72. The predicted molar refractivity (Wildman–Crippen MR) is 83.4 cm³/mol. The molecule has 0 unspecified atom stereocenters. The van der Waals surface area contributed by atoms with Crippen molar-refractivity contribution in [2.45, 2.75) is 38.3 Å². The van der Waals surface area contributed by atoms with E-state index in [1.165, 1.54) is 25.7 Å². The largest absolute Gasteiger partial charge is 0.309 e. The van der Waals surface area contributed by atoms with Gasteiger partial charge in [-0.25, -0.2) is 4.98 Å². The molecule has 0 atom stereocenters. The maximum absolute atomic E-state index is 12.1. The quantitative estimate of drug-likeness (QED) is 0.893. The molecule has 2 aliphatic rings. The van der Waals surface area contributed by atoms with E-state index in [2.05, 4.69) is 15.3 Å². The molecule has 0 amide bonds. The summed E-state index contributed by atoms with van der Waals surface area (Å²) >= 11 is 5.98. The smallest absolute Gasteiger partial charge is 0.258 e. The van der Waals surface area contributed by atoms with Gasteiger partial charge in [0.2, 0.25) is 0 Å². The Balaban J connectivity index is 1.56. The van der Waals surface area contributed by atoms with Crippen LogP contribution in [0.1, 0.15) is 31.5 Å². The molecule has 1 aromatic heterocycles. The summed E-state index contributed by atoms with van der Waals surface area (Å²) < 4.78 is 0. The lowest BCUT2D eigenvalue weighted by molar-refractivity contribution is 0.411. The van der Waals surface area contributed by atoms with Crippen molar-refractivity contribution in [3.63, 3.8) is 0 Å². The second kappa shape index (κ2) is 5.11. The molecule has 21 heavy (non-hydrogen) atoms. The molecule has 0 aliphatic heterocycles. The molecule has 4 rings (SSSR count). The van der Waals surface area contributed by atoms with Crippen LogP contribution in [0, 0.1) is 11.8 Å². The Morgan fingerprint density at radius 1 is 1.29 bits per heavy atom. The Morgan fingerprint density at radius 2 is 2.00 bits per heavy atom. The summed E-state index contributed by atoms with van der Waals surface area (Å²) in [5.74, 6) is 2.36. The van der Waals surface area contributed by atoms with E-state index in [1.54, 1.807) is 18.2 Å². The third-order valence-electron chi connectivity index (χ3n) is 4.48. The van der Waals surface area contributed by atoms with Gasteiger partial charge in [-0.05, 0) is 55.7 Å². The standard InChI is InChI=1S/C16H18ClN3O/c17-11-5-6-12-13(7-11)19-14(20-16(12)21)8-18-15(9-1-2-9)10-3-4-10/h5-7,9-10,15,18H,1-4,8H2,(H,19,20,21). The minimum atomic E-state index is -0.0946. The minimum absolute atomic E-state index is 0.0946. The lowest BCUT2D eigenvalue weighted by atomic mass is 10.1. The zero-order chi connectivity index (χ0) is 14.4. The fourth-order valence-electron chi connectivity index (χ4n) is 3.09. The summed E-state index contributed by atoms with van der Waals surface area (Å²) in [4.78, 5) is 19.5. The lowest BCUT2D eigenvalue weighted by Crippen LogP contribution is -2.33. The zero-order valence-corrected chi connectivity index (χ0v) is 12.5. The molecule has 2 aromatic rings. The molecule has 2 fully saturated rings. The van der Waals surface area contributed by atoms with Gasteiger partial charge in [-0.2, -0.15) is 0 Å². The predicted octanol–water partition coefficient (Wildman–Crippen LogP) is 2.85. The molecular weight excluding hydrogens is 286 g/mol. The number of rotatable bonds is 5. The number of nitrogens with zero attached hydrogens (tertiary/aromatic N) is 1. The van der Waals surface area contributed by atoms with Gasteiger partial charge < -0.3 is 10.3 Å². The molecule has 2 saturated carbocycles. The van der Waals surface area contributed by atoms with Crippen LogP contribution in [0.2, 0.25) is 5.02 Å². The number of aromatic nitrogens is 2. The van der Waals surface area contributed by atoms with E-state index < -0.39 is 0 Å². The highest BCUT2D eigenvalue weighted by molar-refractivity contribution is 6.31. The van der Waals surface area contributed by atoms with Crippen LogP contribution in [0.3, 0.4) is 0 Å². The van der Waals surface area contributed by atoms with Crippen LogP contribution < -0.4 is 10.9 Å². The number of halogens is 1. The van der Waals surface area contributed by atoms with E-state index in [4.69, 9.17) is 11.6 Å². The van der Waals surface area contributed by atoms with Gasteiger partial charge in [-0.3, -0.25) is 4.79 Å². The molecule has 0 bridgehead atoms. The second-order valence-corrected chi connectivity index (χ2v) is 6.69. The Morgan fingerprint density at radius 3 is 2.67 bits per heavy atom. The summed E-state index contributed by atoms with van der Waals surface area (Å²) in [5, 5.41) is 4.79. The van der Waals surface area contributed by atoms with E-state index in [-0.39, 0.29) is 5.56 Å². The van der Waals surface area contributed by atoms with Gasteiger partial charge in [0.15, 0.2) is 0 Å². The number of H-pyrrole nitrogens is 1. The first-order valence-electron chi connectivity index (χ1n) is 7.62. The molecule has 110 valence electrons. The molecule has 4 nitrogen and oxygen atoms in total. The zero-order valence-electron chi connectivity index (χ0n) is 11.7. The summed E-state index contributed by atoms with van der Waals surface area (Å²) in [7, 11) is 0. The average Bonchev–Trinajstić information content (AvgIpc) is 3.33. The lowest BCUT2D eigenvalue weighted by Gasteiger charge is -2.17. The first kappa shape index (κ1) is 13.3.